The Kier molecular flexibility index (Phi) is 4.43. The van der Waals surface area contributed by atoms with Gasteiger partial charge in [-0.05, 0) is 31.9 Å². The highest BCUT2D eigenvalue weighted by Gasteiger charge is 2.31. The Balaban J connectivity index is 2.15. The van der Waals surface area contributed by atoms with Crippen LogP contribution < -0.4 is 0 Å². The average molecular weight is 311 g/mol. The fourth-order valence-electron chi connectivity index (χ4n) is 2.35. The molecule has 1 aliphatic heterocycles. The number of aliphatic carboxylic acids is 1. The van der Waals surface area contributed by atoms with Gasteiger partial charge in [0, 0.05) is 18.7 Å². The average Bonchev–Trinajstić information content (AvgIpc) is 2.47. The Morgan fingerprint density at radius 3 is 2.10 bits per heavy atom. The summed E-state index contributed by atoms with van der Waals surface area (Å²) in [5, 5.41) is 8.93. The zero-order valence-electron chi connectivity index (χ0n) is 11.7. The third kappa shape index (κ3) is 3.30. The largest absolute Gasteiger partial charge is 0.481 e. The summed E-state index contributed by atoms with van der Waals surface area (Å²) >= 11 is 0. The number of benzene rings is 1. The molecule has 0 aromatic heterocycles. The quantitative estimate of drug-likeness (QED) is 0.848. The Bertz CT molecular complexity index is 642. The molecule has 114 valence electrons. The van der Waals surface area contributed by atoms with Crippen LogP contribution in [0.5, 0.6) is 0 Å². The number of carboxylic acid groups (broad SMARTS) is 1. The first-order chi connectivity index (χ1) is 9.82. The van der Waals surface area contributed by atoms with E-state index < -0.39 is 21.9 Å². The van der Waals surface area contributed by atoms with Crippen molar-refractivity contribution in [1.29, 1.82) is 0 Å². The van der Waals surface area contributed by atoms with Crippen LogP contribution in [0.25, 0.3) is 0 Å². The summed E-state index contributed by atoms with van der Waals surface area (Å²) in [6, 6.07) is 5.79. The summed E-state index contributed by atoms with van der Waals surface area (Å²) in [5.41, 5.74) is 0.457. The van der Waals surface area contributed by atoms with Gasteiger partial charge in [-0.15, -0.1) is 0 Å². The van der Waals surface area contributed by atoms with Gasteiger partial charge in [-0.2, -0.15) is 4.31 Å². The number of sulfonamides is 1. The second-order valence-corrected chi connectivity index (χ2v) is 7.04. The van der Waals surface area contributed by atoms with Gasteiger partial charge in [0.1, 0.15) is 0 Å². The predicted molar refractivity (Wildman–Crippen MR) is 75.6 cm³/mol. The molecule has 0 saturated carbocycles. The van der Waals surface area contributed by atoms with Crippen molar-refractivity contribution in [3.8, 4) is 0 Å². The van der Waals surface area contributed by atoms with Crippen molar-refractivity contribution in [3.63, 3.8) is 0 Å². The van der Waals surface area contributed by atoms with E-state index in [4.69, 9.17) is 5.11 Å². The van der Waals surface area contributed by atoms with Gasteiger partial charge in [0.25, 0.3) is 0 Å². The molecule has 0 atom stereocenters. The van der Waals surface area contributed by atoms with Crippen molar-refractivity contribution in [2.45, 2.75) is 24.7 Å². The summed E-state index contributed by atoms with van der Waals surface area (Å²) in [5.74, 6) is -1.48. The van der Waals surface area contributed by atoms with Crippen molar-refractivity contribution in [2.24, 2.45) is 5.92 Å². The summed E-state index contributed by atoms with van der Waals surface area (Å²) in [6.45, 7) is 1.82. The number of carbonyl (C=O) groups excluding carboxylic acids is 1. The number of carboxylic acids is 1. The molecule has 6 nitrogen and oxygen atoms in total. The van der Waals surface area contributed by atoms with Gasteiger partial charge in [-0.3, -0.25) is 9.59 Å². The molecule has 0 radical (unpaired) electrons. The number of hydrogen-bond donors (Lipinski definition) is 1. The predicted octanol–water partition coefficient (Wildman–Crippen LogP) is 1.37. The Morgan fingerprint density at radius 1 is 1.14 bits per heavy atom. The lowest BCUT2D eigenvalue weighted by molar-refractivity contribution is -0.142. The van der Waals surface area contributed by atoms with E-state index in [1.807, 2.05) is 0 Å². The number of ketones is 1. The third-order valence-corrected chi connectivity index (χ3v) is 5.61. The third-order valence-electron chi connectivity index (χ3n) is 3.70. The molecule has 1 aromatic rings. The van der Waals surface area contributed by atoms with Crippen LogP contribution in [0.4, 0.5) is 0 Å². The molecule has 0 unspecified atom stereocenters. The van der Waals surface area contributed by atoms with E-state index in [2.05, 4.69) is 0 Å². The molecule has 0 aliphatic carbocycles. The molecule has 0 spiro atoms. The molecule has 0 amide bonds. The molecule has 21 heavy (non-hydrogen) atoms. The fourth-order valence-corrected chi connectivity index (χ4v) is 3.82. The van der Waals surface area contributed by atoms with Crippen LogP contribution in [-0.2, 0) is 14.8 Å². The number of hydrogen-bond acceptors (Lipinski definition) is 4. The molecule has 7 heteroatoms. The standard InChI is InChI=1S/C14H17NO5S/c1-10(16)11-2-4-13(5-3-11)21(19,20)15-8-6-12(7-9-15)14(17)18/h2-5,12H,6-9H2,1H3,(H,17,18). The van der Waals surface area contributed by atoms with Gasteiger partial charge in [0.15, 0.2) is 5.78 Å². The smallest absolute Gasteiger partial charge is 0.306 e. The van der Waals surface area contributed by atoms with Gasteiger partial charge >= 0.3 is 5.97 Å². The first-order valence-corrected chi connectivity index (χ1v) is 8.10. The van der Waals surface area contributed by atoms with Crippen molar-refractivity contribution in [3.05, 3.63) is 29.8 Å². The van der Waals surface area contributed by atoms with E-state index in [1.165, 1.54) is 35.5 Å². The molecule has 1 aliphatic rings. The van der Waals surface area contributed by atoms with Gasteiger partial charge in [0.05, 0.1) is 10.8 Å². The summed E-state index contributed by atoms with van der Waals surface area (Å²) < 4.78 is 26.2. The van der Waals surface area contributed by atoms with E-state index in [9.17, 15) is 18.0 Å². The molecule has 1 N–H and O–H groups in total. The van der Waals surface area contributed by atoms with E-state index in [0.29, 0.717) is 18.4 Å². The highest BCUT2D eigenvalue weighted by atomic mass is 32.2. The van der Waals surface area contributed by atoms with Crippen molar-refractivity contribution in [2.75, 3.05) is 13.1 Å². The van der Waals surface area contributed by atoms with Gasteiger partial charge in [-0.1, -0.05) is 12.1 Å². The van der Waals surface area contributed by atoms with E-state index >= 15 is 0 Å². The zero-order valence-corrected chi connectivity index (χ0v) is 12.5. The van der Waals surface area contributed by atoms with E-state index in [1.54, 1.807) is 0 Å². The lowest BCUT2D eigenvalue weighted by Crippen LogP contribution is -2.40. The Labute approximate surface area is 123 Å². The SMILES string of the molecule is CC(=O)c1ccc(S(=O)(=O)N2CCC(C(=O)O)CC2)cc1. The minimum Gasteiger partial charge on any atom is -0.481 e. The maximum atomic E-state index is 12.4. The number of Topliss-reactive ketones (excluding diaryl/α,β-unsaturated/α-hetero) is 1. The van der Waals surface area contributed by atoms with Crippen LogP contribution >= 0.6 is 0 Å². The van der Waals surface area contributed by atoms with Crippen molar-refractivity contribution in [1.82, 2.24) is 4.31 Å². The maximum Gasteiger partial charge on any atom is 0.306 e. The molecule has 2 rings (SSSR count). The summed E-state index contributed by atoms with van der Waals surface area (Å²) in [7, 11) is -3.62. The second kappa shape index (κ2) is 5.95. The molecule has 1 aromatic carbocycles. The second-order valence-electron chi connectivity index (χ2n) is 5.10. The fraction of sp³-hybridized carbons (Fsp3) is 0.429. The lowest BCUT2D eigenvalue weighted by Gasteiger charge is -2.29. The maximum absolute atomic E-state index is 12.4. The van der Waals surface area contributed by atoms with Gasteiger partial charge < -0.3 is 5.11 Å². The van der Waals surface area contributed by atoms with Gasteiger partial charge in [-0.25, -0.2) is 8.42 Å². The number of rotatable bonds is 4. The lowest BCUT2D eigenvalue weighted by atomic mass is 9.99. The molecule has 0 bridgehead atoms. The summed E-state index contributed by atoms with van der Waals surface area (Å²) in [4.78, 5) is 22.2. The minimum absolute atomic E-state index is 0.124. The van der Waals surface area contributed by atoms with E-state index in [-0.39, 0.29) is 23.8 Å². The Morgan fingerprint density at radius 2 is 1.67 bits per heavy atom. The van der Waals surface area contributed by atoms with Crippen LogP contribution in [0.1, 0.15) is 30.1 Å². The van der Waals surface area contributed by atoms with Gasteiger partial charge in [0.2, 0.25) is 10.0 Å². The van der Waals surface area contributed by atoms with Crippen molar-refractivity contribution >= 4 is 21.8 Å². The monoisotopic (exact) mass is 311 g/mol. The number of nitrogens with zero attached hydrogens (tertiary/aromatic N) is 1. The topological polar surface area (TPSA) is 91.8 Å². The first kappa shape index (κ1) is 15.7. The normalized spacial score (nSPS) is 17.6. The van der Waals surface area contributed by atoms with Crippen LogP contribution in [0.2, 0.25) is 0 Å². The summed E-state index contributed by atoms with van der Waals surface area (Å²) in [6.07, 6.45) is 0.639. The first-order valence-electron chi connectivity index (χ1n) is 6.66. The molecule has 1 fully saturated rings. The number of piperidine rings is 1. The Hall–Kier alpha value is -1.73. The zero-order chi connectivity index (χ0) is 15.6. The van der Waals surface area contributed by atoms with Crippen LogP contribution in [-0.4, -0.2) is 42.7 Å². The van der Waals surface area contributed by atoms with E-state index in [0.717, 1.165) is 0 Å². The highest BCUT2D eigenvalue weighted by Crippen LogP contribution is 2.24. The van der Waals surface area contributed by atoms with Crippen LogP contribution in [0.3, 0.4) is 0 Å². The minimum atomic E-state index is -3.62. The molecule has 1 heterocycles. The van der Waals surface area contributed by atoms with Crippen LogP contribution in [0.15, 0.2) is 29.2 Å². The van der Waals surface area contributed by atoms with Crippen LogP contribution in [0, 0.1) is 5.92 Å². The number of carbonyl (C=O) groups is 2. The molecular weight excluding hydrogens is 294 g/mol. The molecular formula is C14H17NO5S. The highest BCUT2D eigenvalue weighted by molar-refractivity contribution is 7.89. The van der Waals surface area contributed by atoms with Crippen molar-refractivity contribution < 1.29 is 23.1 Å². The molecule has 1 saturated heterocycles.